The Morgan fingerprint density at radius 2 is 2.06 bits per heavy atom. The topological polar surface area (TPSA) is 38.8 Å². The lowest BCUT2D eigenvalue weighted by Gasteiger charge is -2.32. The van der Waals surface area contributed by atoms with Crippen molar-refractivity contribution in [3.8, 4) is 0 Å². The molecule has 1 heterocycles. The molecule has 3 aliphatic carbocycles. The third-order valence-electron chi connectivity index (χ3n) is 5.55. The minimum atomic E-state index is 0.578. The molecule has 1 aliphatic heterocycles. The second-order valence-corrected chi connectivity index (χ2v) is 6.03. The predicted molar refractivity (Wildman–Crippen MR) is 67.9 cm³/mol. The van der Waals surface area contributed by atoms with Crippen LogP contribution in [0.2, 0.25) is 0 Å². The maximum Gasteiger partial charge on any atom is 0.293 e. The molecule has 0 N–H and O–H groups in total. The summed E-state index contributed by atoms with van der Waals surface area (Å²) in [5, 5.41) is 0. The van der Waals surface area contributed by atoms with Crippen LogP contribution < -0.4 is 0 Å². The lowest BCUT2D eigenvalue weighted by Crippen LogP contribution is -2.28. The SMILES string of the molecule is CC.O=COCCC1CC2CC1C1CC3OC3C21. The van der Waals surface area contributed by atoms with Crippen LogP contribution in [0.3, 0.4) is 0 Å². The van der Waals surface area contributed by atoms with Crippen molar-refractivity contribution in [1.29, 1.82) is 0 Å². The zero-order valence-electron chi connectivity index (χ0n) is 11.4. The quantitative estimate of drug-likeness (QED) is 0.438. The smallest absolute Gasteiger partial charge is 0.293 e. The van der Waals surface area contributed by atoms with Gasteiger partial charge in [0, 0.05) is 0 Å². The molecule has 0 aromatic heterocycles. The summed E-state index contributed by atoms with van der Waals surface area (Å²) in [5.74, 6) is 4.51. The van der Waals surface area contributed by atoms with Crippen molar-refractivity contribution < 1.29 is 14.3 Å². The minimum absolute atomic E-state index is 0.578. The summed E-state index contributed by atoms with van der Waals surface area (Å²) < 4.78 is 10.5. The Morgan fingerprint density at radius 1 is 1.22 bits per heavy atom. The molecule has 3 heteroatoms. The minimum Gasteiger partial charge on any atom is -0.468 e. The Bertz CT molecular complexity index is 317. The van der Waals surface area contributed by atoms with Crippen LogP contribution in [-0.2, 0) is 14.3 Å². The van der Waals surface area contributed by atoms with Crippen LogP contribution in [0, 0.1) is 29.6 Å². The number of epoxide rings is 1. The molecule has 0 aromatic rings. The van der Waals surface area contributed by atoms with E-state index in [1.54, 1.807) is 0 Å². The van der Waals surface area contributed by atoms with Gasteiger partial charge in [-0.15, -0.1) is 0 Å². The van der Waals surface area contributed by atoms with Crippen molar-refractivity contribution >= 4 is 6.47 Å². The van der Waals surface area contributed by atoms with Gasteiger partial charge >= 0.3 is 0 Å². The molecule has 102 valence electrons. The number of rotatable bonds is 4. The molecule has 4 aliphatic rings. The summed E-state index contributed by atoms with van der Waals surface area (Å²) in [7, 11) is 0. The van der Waals surface area contributed by atoms with Crippen LogP contribution in [-0.4, -0.2) is 25.3 Å². The highest BCUT2D eigenvalue weighted by Crippen LogP contribution is 2.66. The Labute approximate surface area is 109 Å². The molecular weight excluding hydrogens is 228 g/mol. The van der Waals surface area contributed by atoms with Crippen molar-refractivity contribution in [2.75, 3.05) is 6.61 Å². The second kappa shape index (κ2) is 4.84. The highest BCUT2D eigenvalue weighted by atomic mass is 16.6. The molecule has 7 atom stereocenters. The molecule has 2 bridgehead atoms. The van der Waals surface area contributed by atoms with E-state index in [9.17, 15) is 4.79 Å². The van der Waals surface area contributed by atoms with Gasteiger partial charge in [-0.1, -0.05) is 13.8 Å². The van der Waals surface area contributed by atoms with Gasteiger partial charge in [-0.2, -0.15) is 0 Å². The highest BCUT2D eigenvalue weighted by Gasteiger charge is 2.66. The largest absolute Gasteiger partial charge is 0.468 e. The first-order valence-corrected chi connectivity index (χ1v) is 7.59. The van der Waals surface area contributed by atoms with Gasteiger partial charge in [-0.25, -0.2) is 0 Å². The number of carbonyl (C=O) groups is 1. The fourth-order valence-electron chi connectivity index (χ4n) is 5.07. The molecular formula is C15H24O3. The first-order valence-electron chi connectivity index (χ1n) is 7.59. The van der Waals surface area contributed by atoms with E-state index in [4.69, 9.17) is 9.47 Å². The second-order valence-electron chi connectivity index (χ2n) is 6.03. The molecule has 0 aromatic carbocycles. The van der Waals surface area contributed by atoms with Crippen molar-refractivity contribution in [2.24, 2.45) is 29.6 Å². The van der Waals surface area contributed by atoms with Gasteiger partial charge in [0.2, 0.25) is 0 Å². The van der Waals surface area contributed by atoms with Gasteiger partial charge in [-0.05, 0) is 55.3 Å². The van der Waals surface area contributed by atoms with Crippen LogP contribution in [0.4, 0.5) is 0 Å². The molecule has 0 radical (unpaired) electrons. The van der Waals surface area contributed by atoms with Crippen LogP contribution >= 0.6 is 0 Å². The monoisotopic (exact) mass is 252 g/mol. The number of ether oxygens (including phenoxy) is 2. The first-order chi connectivity index (χ1) is 8.88. The normalized spacial score (nSPS) is 50.0. The van der Waals surface area contributed by atoms with Gasteiger partial charge < -0.3 is 9.47 Å². The van der Waals surface area contributed by atoms with E-state index in [0.717, 1.165) is 36.0 Å². The van der Waals surface area contributed by atoms with E-state index < -0.39 is 0 Å². The summed E-state index contributed by atoms with van der Waals surface area (Å²) >= 11 is 0. The summed E-state index contributed by atoms with van der Waals surface area (Å²) in [6.45, 7) is 5.20. The zero-order valence-corrected chi connectivity index (χ0v) is 11.4. The Morgan fingerprint density at radius 3 is 2.83 bits per heavy atom. The van der Waals surface area contributed by atoms with Crippen molar-refractivity contribution in [2.45, 2.75) is 51.7 Å². The van der Waals surface area contributed by atoms with Gasteiger partial charge in [0.15, 0.2) is 0 Å². The Balaban J connectivity index is 0.000000478. The summed E-state index contributed by atoms with van der Waals surface area (Å²) in [6.07, 6.45) is 6.47. The van der Waals surface area contributed by atoms with Crippen molar-refractivity contribution in [1.82, 2.24) is 0 Å². The molecule has 3 nitrogen and oxygen atoms in total. The maximum atomic E-state index is 10.1. The number of hydrogen-bond acceptors (Lipinski definition) is 3. The van der Waals surface area contributed by atoms with Crippen LogP contribution in [0.5, 0.6) is 0 Å². The highest BCUT2D eigenvalue weighted by molar-refractivity contribution is 5.36. The number of hydrogen-bond donors (Lipinski definition) is 0. The Kier molecular flexibility index (Phi) is 3.35. The third-order valence-corrected chi connectivity index (χ3v) is 5.55. The van der Waals surface area contributed by atoms with Crippen molar-refractivity contribution in [3.05, 3.63) is 0 Å². The van der Waals surface area contributed by atoms with Crippen LogP contribution in [0.1, 0.15) is 39.5 Å². The molecule has 4 fully saturated rings. The number of fused-ring (bicyclic) bond motifs is 7. The zero-order chi connectivity index (χ0) is 12.7. The lowest BCUT2D eigenvalue weighted by atomic mass is 9.74. The van der Waals surface area contributed by atoms with Crippen LogP contribution in [0.25, 0.3) is 0 Å². The molecule has 0 amide bonds. The summed E-state index contributed by atoms with van der Waals surface area (Å²) in [6, 6.07) is 0. The fourth-order valence-corrected chi connectivity index (χ4v) is 5.07. The molecule has 18 heavy (non-hydrogen) atoms. The summed E-state index contributed by atoms with van der Waals surface area (Å²) in [4.78, 5) is 10.1. The van der Waals surface area contributed by atoms with Crippen molar-refractivity contribution in [3.63, 3.8) is 0 Å². The Hall–Kier alpha value is -0.570. The predicted octanol–water partition coefficient (Wildman–Crippen LogP) is 2.64. The molecule has 1 saturated heterocycles. The first kappa shape index (κ1) is 12.5. The van der Waals surface area contributed by atoms with E-state index in [2.05, 4.69) is 0 Å². The van der Waals surface area contributed by atoms with E-state index in [0.29, 0.717) is 25.3 Å². The molecule has 0 spiro atoms. The standard InChI is InChI=1S/C13H18O3.C2H6/c14-6-15-2-1-7-3-8-4-9(7)10-5-11-13(16-11)12(8)10;1-2/h6-13H,1-5H2;1-2H3. The van der Waals surface area contributed by atoms with Gasteiger partial charge in [0.1, 0.15) is 0 Å². The van der Waals surface area contributed by atoms with Gasteiger partial charge in [0.25, 0.3) is 6.47 Å². The van der Waals surface area contributed by atoms with Gasteiger partial charge in [0.05, 0.1) is 18.8 Å². The average molecular weight is 252 g/mol. The van der Waals surface area contributed by atoms with E-state index in [1.165, 1.54) is 19.3 Å². The molecule has 7 unspecified atom stereocenters. The van der Waals surface area contributed by atoms with E-state index >= 15 is 0 Å². The average Bonchev–Trinajstić information content (AvgIpc) is 2.79. The van der Waals surface area contributed by atoms with E-state index in [-0.39, 0.29) is 0 Å². The lowest BCUT2D eigenvalue weighted by molar-refractivity contribution is -0.129. The van der Waals surface area contributed by atoms with Gasteiger partial charge in [-0.3, -0.25) is 4.79 Å². The third kappa shape index (κ3) is 1.78. The summed E-state index contributed by atoms with van der Waals surface area (Å²) in [5.41, 5.74) is 0. The van der Waals surface area contributed by atoms with Crippen LogP contribution in [0.15, 0.2) is 0 Å². The molecule has 4 rings (SSSR count). The number of carbonyl (C=O) groups excluding carboxylic acids is 1. The fraction of sp³-hybridized carbons (Fsp3) is 0.933. The van der Waals surface area contributed by atoms with E-state index in [1.807, 2.05) is 13.8 Å². The maximum absolute atomic E-state index is 10.1. The molecule has 3 saturated carbocycles.